The molecule has 0 unspecified atom stereocenters. The van der Waals surface area contributed by atoms with Crippen molar-refractivity contribution in [3.8, 4) is 0 Å². The smallest absolute Gasteiger partial charge is 0.430 e. The van der Waals surface area contributed by atoms with Gasteiger partial charge < -0.3 is 15.6 Å². The highest BCUT2D eigenvalue weighted by atomic mass is 16.6. The fourth-order valence-corrected chi connectivity index (χ4v) is 2.99. The lowest BCUT2D eigenvalue weighted by atomic mass is 10.0. The number of carbonyl (C=O) groups excluding carboxylic acids is 2. The molecule has 1 heterocycles. The van der Waals surface area contributed by atoms with E-state index in [1.165, 1.54) is 6.07 Å². The van der Waals surface area contributed by atoms with Crippen molar-refractivity contribution in [3.63, 3.8) is 0 Å². The highest BCUT2D eigenvalue weighted by Gasteiger charge is 2.34. The molecule has 2 amide bonds. The Bertz CT molecular complexity index is 926. The molecule has 3 N–H and O–H groups in total. The molecule has 0 saturated carbocycles. The average Bonchev–Trinajstić information content (AvgIpc) is 3.02. The molecule has 0 bridgehead atoms. The van der Waals surface area contributed by atoms with Crippen LogP contribution in [0.1, 0.15) is 21.5 Å². The van der Waals surface area contributed by atoms with Gasteiger partial charge in [-0.2, -0.15) is 10.1 Å². The first-order valence-electron chi connectivity index (χ1n) is 8.64. The average molecular weight is 381 g/mol. The van der Waals surface area contributed by atoms with Crippen molar-refractivity contribution in [2.45, 2.75) is 18.9 Å². The number of aliphatic carboxylic acids is 1. The summed E-state index contributed by atoms with van der Waals surface area (Å²) in [7, 11) is 0. The molecule has 28 heavy (non-hydrogen) atoms. The van der Waals surface area contributed by atoms with Gasteiger partial charge in [0.05, 0.1) is 6.04 Å². The lowest BCUT2D eigenvalue weighted by molar-refractivity contribution is -0.129. The summed E-state index contributed by atoms with van der Waals surface area (Å²) in [5.41, 5.74) is 6.67. The van der Waals surface area contributed by atoms with E-state index in [2.05, 4.69) is 5.10 Å². The molecule has 8 heteroatoms. The quantitative estimate of drug-likeness (QED) is 0.709. The third-order valence-corrected chi connectivity index (χ3v) is 4.36. The number of hydrogen-bond donors (Lipinski definition) is 2. The lowest BCUT2D eigenvalue weighted by Crippen LogP contribution is -2.33. The fraction of sp³-hybridized carbons (Fsp3) is 0.200. The van der Waals surface area contributed by atoms with Crippen molar-refractivity contribution in [3.05, 3.63) is 71.3 Å². The molecule has 0 radical (unpaired) electrons. The van der Waals surface area contributed by atoms with Crippen molar-refractivity contribution >= 4 is 23.7 Å². The van der Waals surface area contributed by atoms with Crippen molar-refractivity contribution in [2.24, 2.45) is 10.8 Å². The van der Waals surface area contributed by atoms with Crippen LogP contribution in [0.25, 0.3) is 0 Å². The number of carboxylic acids is 1. The molecule has 1 aliphatic rings. The van der Waals surface area contributed by atoms with E-state index in [4.69, 9.17) is 10.5 Å². The minimum Gasteiger partial charge on any atom is -0.477 e. The molecule has 0 aliphatic carbocycles. The van der Waals surface area contributed by atoms with Crippen LogP contribution >= 0.6 is 0 Å². The lowest BCUT2D eigenvalue weighted by Gasteiger charge is -2.17. The molecule has 0 aromatic heterocycles. The van der Waals surface area contributed by atoms with E-state index in [-0.39, 0.29) is 24.3 Å². The van der Waals surface area contributed by atoms with Gasteiger partial charge in [-0.25, -0.2) is 9.59 Å². The van der Waals surface area contributed by atoms with Gasteiger partial charge in [-0.05, 0) is 23.6 Å². The van der Waals surface area contributed by atoms with Crippen LogP contribution in [0.3, 0.4) is 0 Å². The summed E-state index contributed by atoms with van der Waals surface area (Å²) in [5, 5.41) is 14.7. The first-order chi connectivity index (χ1) is 13.5. The van der Waals surface area contributed by atoms with Crippen LogP contribution in [-0.2, 0) is 22.4 Å². The zero-order valence-corrected chi connectivity index (χ0v) is 14.9. The van der Waals surface area contributed by atoms with E-state index >= 15 is 0 Å². The zero-order chi connectivity index (χ0) is 20.1. The Kier molecular flexibility index (Phi) is 5.69. The normalized spacial score (nSPS) is 16.7. The number of carboxylic acid groups (broad SMARTS) is 1. The summed E-state index contributed by atoms with van der Waals surface area (Å²) in [6.45, 7) is 0.113. The number of primary amides is 1. The number of cyclic esters (lactones) is 1. The van der Waals surface area contributed by atoms with E-state index < -0.39 is 24.0 Å². The van der Waals surface area contributed by atoms with E-state index in [1.807, 2.05) is 30.3 Å². The second-order valence-electron chi connectivity index (χ2n) is 6.32. The maximum atomic E-state index is 12.1. The molecule has 0 spiro atoms. The van der Waals surface area contributed by atoms with Crippen LogP contribution in [-0.4, -0.2) is 46.4 Å². The second kappa shape index (κ2) is 8.34. The number of benzene rings is 2. The Morgan fingerprint density at radius 3 is 2.50 bits per heavy atom. The molecule has 1 fully saturated rings. The molecule has 144 valence electrons. The molecule has 8 nitrogen and oxygen atoms in total. The van der Waals surface area contributed by atoms with E-state index in [0.717, 1.165) is 10.6 Å². The third kappa shape index (κ3) is 4.35. The topological polar surface area (TPSA) is 122 Å². The molecule has 2 aromatic rings. The first-order valence-corrected chi connectivity index (χ1v) is 8.64. The third-order valence-electron chi connectivity index (χ3n) is 4.36. The molecule has 1 saturated heterocycles. The van der Waals surface area contributed by atoms with E-state index in [0.29, 0.717) is 12.0 Å². The fourth-order valence-electron chi connectivity index (χ4n) is 2.99. The van der Waals surface area contributed by atoms with Crippen molar-refractivity contribution in [1.29, 1.82) is 0 Å². The summed E-state index contributed by atoms with van der Waals surface area (Å²) >= 11 is 0. The summed E-state index contributed by atoms with van der Waals surface area (Å²) < 4.78 is 5.06. The number of ether oxygens (including phenoxy) is 1. The SMILES string of the molecule is NC(=O)c1ccccc1CC(=NN1C(=O)OC[C@@H]1Cc1ccccc1)C(=O)O. The standard InChI is InChI=1S/C20H19N3O5/c21-18(24)16-9-5-4-8-14(16)11-17(19(25)26)22-23-15(12-28-20(23)27)10-13-6-2-1-3-7-13/h1-9,15H,10-12H2,(H2,21,24)(H,25,26)/t15-/m0/s1. The van der Waals surface area contributed by atoms with E-state index in [1.54, 1.807) is 18.2 Å². The highest BCUT2D eigenvalue weighted by molar-refractivity contribution is 6.36. The van der Waals surface area contributed by atoms with Gasteiger partial charge in [0.2, 0.25) is 5.91 Å². The number of hydrogen-bond acceptors (Lipinski definition) is 5. The highest BCUT2D eigenvalue weighted by Crippen LogP contribution is 2.19. The monoisotopic (exact) mass is 381 g/mol. The Hall–Kier alpha value is -3.68. The van der Waals surface area contributed by atoms with Gasteiger partial charge in [0.25, 0.3) is 0 Å². The van der Waals surface area contributed by atoms with E-state index in [9.17, 15) is 19.5 Å². The predicted octanol–water partition coefficient (Wildman–Crippen LogP) is 1.83. The Morgan fingerprint density at radius 2 is 1.82 bits per heavy atom. The maximum absolute atomic E-state index is 12.1. The Morgan fingerprint density at radius 1 is 1.14 bits per heavy atom. The number of nitrogens with zero attached hydrogens (tertiary/aromatic N) is 2. The number of hydrazone groups is 1. The summed E-state index contributed by atoms with van der Waals surface area (Å²) in [6, 6.07) is 15.5. The molecular formula is C20H19N3O5. The Labute approximate surface area is 161 Å². The minimum absolute atomic E-state index is 0.113. The molecule has 3 rings (SSSR count). The van der Waals surface area contributed by atoms with Gasteiger partial charge in [0.1, 0.15) is 6.61 Å². The van der Waals surface area contributed by atoms with Crippen molar-refractivity contribution < 1.29 is 24.2 Å². The van der Waals surface area contributed by atoms with Gasteiger partial charge in [-0.15, -0.1) is 0 Å². The summed E-state index contributed by atoms with van der Waals surface area (Å²) in [6.07, 6.45) is -0.389. The van der Waals surface area contributed by atoms with Crippen molar-refractivity contribution in [1.82, 2.24) is 5.01 Å². The van der Waals surface area contributed by atoms with Gasteiger partial charge in [0, 0.05) is 12.0 Å². The molecule has 2 aromatic carbocycles. The van der Waals surface area contributed by atoms with Crippen LogP contribution < -0.4 is 5.73 Å². The first kappa shape index (κ1) is 19.1. The maximum Gasteiger partial charge on any atom is 0.430 e. The van der Waals surface area contributed by atoms with Gasteiger partial charge in [0.15, 0.2) is 5.71 Å². The molecule has 1 atom stereocenters. The van der Waals surface area contributed by atoms with Crippen LogP contribution in [0.15, 0.2) is 59.7 Å². The predicted molar refractivity (Wildman–Crippen MR) is 101 cm³/mol. The van der Waals surface area contributed by atoms with Gasteiger partial charge in [-0.3, -0.25) is 4.79 Å². The van der Waals surface area contributed by atoms with Crippen LogP contribution in [0.2, 0.25) is 0 Å². The minimum atomic E-state index is -1.29. The van der Waals surface area contributed by atoms with Gasteiger partial charge in [-0.1, -0.05) is 48.5 Å². The second-order valence-corrected chi connectivity index (χ2v) is 6.32. The number of nitrogens with two attached hydrogens (primary N) is 1. The van der Waals surface area contributed by atoms with Crippen LogP contribution in [0, 0.1) is 0 Å². The van der Waals surface area contributed by atoms with Gasteiger partial charge >= 0.3 is 12.1 Å². The Balaban J connectivity index is 1.87. The molecule has 1 aliphatic heterocycles. The van der Waals surface area contributed by atoms with Crippen molar-refractivity contribution in [2.75, 3.05) is 6.61 Å². The van der Waals surface area contributed by atoms with Crippen LogP contribution in [0.5, 0.6) is 0 Å². The van der Waals surface area contributed by atoms with Crippen LogP contribution in [0.4, 0.5) is 4.79 Å². The number of rotatable bonds is 7. The summed E-state index contributed by atoms with van der Waals surface area (Å²) in [5.74, 6) is -1.96. The number of amides is 2. The zero-order valence-electron chi connectivity index (χ0n) is 14.9. The largest absolute Gasteiger partial charge is 0.477 e. The molecular weight excluding hydrogens is 362 g/mol. The summed E-state index contributed by atoms with van der Waals surface area (Å²) in [4.78, 5) is 35.4. The number of carbonyl (C=O) groups is 3.